The zero-order chi connectivity index (χ0) is 30.0. The van der Waals surface area contributed by atoms with Gasteiger partial charge in [-0.3, -0.25) is 0 Å². The van der Waals surface area contributed by atoms with E-state index in [4.69, 9.17) is 52.4 Å². The molecule has 0 aliphatic carbocycles. The molecular formula is C28H71N5O5. The molecule has 0 aromatic carbocycles. The SMILES string of the molecule is CC(C)OCCCN.CCCCOCCCN.CCCOCCCN.CCOCCCN.COCCCN. The molecule has 0 saturated heterocycles. The Morgan fingerprint density at radius 3 is 1.21 bits per heavy atom. The summed E-state index contributed by atoms with van der Waals surface area (Å²) in [5.41, 5.74) is 26.1. The van der Waals surface area contributed by atoms with Crippen LogP contribution in [0.25, 0.3) is 0 Å². The van der Waals surface area contributed by atoms with Crippen LogP contribution in [0.2, 0.25) is 0 Å². The Hall–Kier alpha value is -0.400. The monoisotopic (exact) mass is 558 g/mol. The number of nitrogens with two attached hydrogens (primary N) is 5. The van der Waals surface area contributed by atoms with Crippen molar-refractivity contribution in [2.24, 2.45) is 28.7 Å². The predicted octanol–water partition coefficient (Wildman–Crippen LogP) is 3.03. The average molecular weight is 558 g/mol. The topological polar surface area (TPSA) is 176 Å². The maximum atomic E-state index is 5.26. The largest absolute Gasteiger partial charge is 0.385 e. The Kier molecular flexibility index (Phi) is 70.7. The lowest BCUT2D eigenvalue weighted by Gasteiger charge is -2.04. The van der Waals surface area contributed by atoms with E-state index in [1.165, 1.54) is 12.8 Å². The number of rotatable bonds is 22. The van der Waals surface area contributed by atoms with Gasteiger partial charge in [-0.2, -0.15) is 0 Å². The van der Waals surface area contributed by atoms with Crippen LogP contribution in [0.4, 0.5) is 0 Å². The first-order chi connectivity index (χ1) is 18.4. The van der Waals surface area contributed by atoms with Crippen molar-refractivity contribution in [3.8, 4) is 0 Å². The van der Waals surface area contributed by atoms with E-state index in [1.807, 2.05) is 20.8 Å². The van der Waals surface area contributed by atoms with E-state index in [-0.39, 0.29) is 0 Å². The molecule has 0 rings (SSSR count). The summed E-state index contributed by atoms with van der Waals surface area (Å²) in [6.07, 6.45) is 8.73. The minimum absolute atomic E-state index is 0.349. The number of methoxy groups -OCH3 is 1. The fourth-order valence-electron chi connectivity index (χ4n) is 1.93. The third-order valence-electron chi connectivity index (χ3n) is 4.03. The maximum Gasteiger partial charge on any atom is 0.0518 e. The minimum Gasteiger partial charge on any atom is -0.385 e. The van der Waals surface area contributed by atoms with Gasteiger partial charge in [0.1, 0.15) is 0 Å². The van der Waals surface area contributed by atoms with Crippen LogP contribution in [0.3, 0.4) is 0 Å². The molecule has 0 aliphatic rings. The Morgan fingerprint density at radius 2 is 0.868 bits per heavy atom. The van der Waals surface area contributed by atoms with E-state index in [0.717, 1.165) is 124 Å². The normalized spacial score (nSPS) is 9.79. The Labute approximate surface area is 237 Å². The van der Waals surface area contributed by atoms with Crippen LogP contribution >= 0.6 is 0 Å². The molecule has 10 heteroatoms. The molecule has 0 aliphatic heterocycles. The summed E-state index contributed by atoms with van der Waals surface area (Å²) >= 11 is 0. The molecule has 0 spiro atoms. The molecule has 38 heavy (non-hydrogen) atoms. The molecule has 0 atom stereocenters. The van der Waals surface area contributed by atoms with Crippen molar-refractivity contribution in [3.05, 3.63) is 0 Å². The van der Waals surface area contributed by atoms with E-state index < -0.39 is 0 Å². The summed E-state index contributed by atoms with van der Waals surface area (Å²) in [6.45, 7) is 20.6. The molecule has 0 unspecified atom stereocenters. The molecular weight excluding hydrogens is 486 g/mol. The van der Waals surface area contributed by atoms with Gasteiger partial charge < -0.3 is 52.4 Å². The van der Waals surface area contributed by atoms with Gasteiger partial charge in [-0.25, -0.2) is 0 Å². The lowest BCUT2D eigenvalue weighted by molar-refractivity contribution is 0.0782. The highest BCUT2D eigenvalue weighted by molar-refractivity contribution is 4.39. The van der Waals surface area contributed by atoms with Crippen molar-refractivity contribution in [1.29, 1.82) is 0 Å². The van der Waals surface area contributed by atoms with Crippen LogP contribution in [0.5, 0.6) is 0 Å². The molecule has 0 fully saturated rings. The molecule has 0 amide bonds. The lowest BCUT2D eigenvalue weighted by atomic mass is 10.4. The van der Waals surface area contributed by atoms with Crippen molar-refractivity contribution < 1.29 is 23.7 Å². The van der Waals surface area contributed by atoms with Gasteiger partial charge in [0.2, 0.25) is 0 Å². The molecule has 0 saturated carbocycles. The molecule has 10 N–H and O–H groups in total. The Bertz CT molecular complexity index is 301. The first kappa shape index (κ1) is 47.4. The number of hydrogen-bond donors (Lipinski definition) is 5. The quantitative estimate of drug-likeness (QED) is 0.124. The molecule has 10 nitrogen and oxygen atoms in total. The van der Waals surface area contributed by atoms with Crippen LogP contribution in [-0.2, 0) is 23.7 Å². The van der Waals surface area contributed by atoms with E-state index >= 15 is 0 Å². The molecule has 0 radical (unpaired) electrons. The minimum atomic E-state index is 0.349. The maximum absolute atomic E-state index is 5.26. The van der Waals surface area contributed by atoms with Gasteiger partial charge in [0.05, 0.1) is 6.10 Å². The summed E-state index contributed by atoms with van der Waals surface area (Å²) in [5, 5.41) is 0. The Morgan fingerprint density at radius 1 is 0.474 bits per heavy atom. The van der Waals surface area contributed by atoms with Gasteiger partial charge in [0, 0.05) is 60.0 Å². The summed E-state index contributed by atoms with van der Waals surface area (Å²) in [7, 11) is 1.68. The Balaban J connectivity index is -0.000000120. The smallest absolute Gasteiger partial charge is 0.0518 e. The fourth-order valence-corrected chi connectivity index (χ4v) is 1.93. The van der Waals surface area contributed by atoms with Gasteiger partial charge in [0.15, 0.2) is 0 Å². The van der Waals surface area contributed by atoms with Crippen LogP contribution in [-0.4, -0.2) is 98.8 Å². The highest BCUT2D eigenvalue weighted by Gasteiger charge is 1.89. The van der Waals surface area contributed by atoms with Crippen LogP contribution in [0.1, 0.15) is 86.0 Å². The van der Waals surface area contributed by atoms with Gasteiger partial charge in [-0.15, -0.1) is 0 Å². The summed E-state index contributed by atoms with van der Waals surface area (Å²) in [4.78, 5) is 0. The first-order valence-corrected chi connectivity index (χ1v) is 14.8. The zero-order valence-corrected chi connectivity index (χ0v) is 26.4. The second-order valence-corrected chi connectivity index (χ2v) is 8.40. The molecule has 0 bridgehead atoms. The van der Waals surface area contributed by atoms with E-state index in [1.54, 1.807) is 7.11 Å². The van der Waals surface area contributed by atoms with Crippen LogP contribution < -0.4 is 28.7 Å². The van der Waals surface area contributed by atoms with Gasteiger partial charge >= 0.3 is 0 Å². The summed E-state index contributed by atoms with van der Waals surface area (Å²) in [6, 6.07) is 0. The van der Waals surface area contributed by atoms with E-state index in [0.29, 0.717) is 6.10 Å². The average Bonchev–Trinajstić information content (AvgIpc) is 2.92. The molecule has 0 heterocycles. The predicted molar refractivity (Wildman–Crippen MR) is 165 cm³/mol. The third kappa shape index (κ3) is 83.4. The van der Waals surface area contributed by atoms with Crippen molar-refractivity contribution in [2.75, 3.05) is 92.7 Å². The summed E-state index contributed by atoms with van der Waals surface area (Å²) in [5.74, 6) is 0. The van der Waals surface area contributed by atoms with Gasteiger partial charge in [0.25, 0.3) is 0 Å². The third-order valence-corrected chi connectivity index (χ3v) is 4.03. The van der Waals surface area contributed by atoms with E-state index in [2.05, 4.69) is 13.8 Å². The van der Waals surface area contributed by atoms with Crippen molar-refractivity contribution in [2.45, 2.75) is 92.1 Å². The fraction of sp³-hybridized carbons (Fsp3) is 1.00. The second kappa shape index (κ2) is 56.7. The highest BCUT2D eigenvalue weighted by Crippen LogP contribution is 1.88. The van der Waals surface area contributed by atoms with Crippen molar-refractivity contribution >= 4 is 0 Å². The van der Waals surface area contributed by atoms with Crippen LogP contribution in [0.15, 0.2) is 0 Å². The van der Waals surface area contributed by atoms with Gasteiger partial charge in [-0.05, 0) is 98.4 Å². The lowest BCUT2D eigenvalue weighted by Crippen LogP contribution is -2.08. The highest BCUT2D eigenvalue weighted by atomic mass is 16.5. The van der Waals surface area contributed by atoms with E-state index in [9.17, 15) is 0 Å². The van der Waals surface area contributed by atoms with Gasteiger partial charge in [-0.1, -0.05) is 20.3 Å². The number of hydrogen-bond acceptors (Lipinski definition) is 10. The van der Waals surface area contributed by atoms with Crippen LogP contribution in [0, 0.1) is 0 Å². The second-order valence-electron chi connectivity index (χ2n) is 8.40. The van der Waals surface area contributed by atoms with Crippen molar-refractivity contribution in [1.82, 2.24) is 0 Å². The number of unbranched alkanes of at least 4 members (excludes halogenated alkanes) is 1. The molecule has 238 valence electrons. The zero-order valence-electron chi connectivity index (χ0n) is 26.4. The summed E-state index contributed by atoms with van der Waals surface area (Å²) < 4.78 is 25.3. The standard InChI is InChI=1S/C7H17NO.2C6H15NO.C5H13NO.C4H11NO/c1-2-3-6-9-7-4-5-8;1-6(2)8-5-3-4-7;1-2-5-8-6-3-4-7;1-2-7-5-3-4-6;1-6-4-2-3-5/h2-8H2,1H3;6H,3-5,7H2,1-2H3;2-7H2,1H3;2-6H2,1H3;2-5H2,1H3. The first-order valence-electron chi connectivity index (χ1n) is 14.8. The molecule has 0 aromatic heterocycles. The molecule has 0 aromatic rings. The number of ether oxygens (including phenoxy) is 5. The van der Waals surface area contributed by atoms with Crippen molar-refractivity contribution in [3.63, 3.8) is 0 Å².